The Labute approximate surface area is 248 Å². The van der Waals surface area contributed by atoms with Gasteiger partial charge in [-0.05, 0) is 106 Å². The normalized spacial score (nSPS) is 14.0. The van der Waals surface area contributed by atoms with Gasteiger partial charge in [0.15, 0.2) is 0 Å². The van der Waals surface area contributed by atoms with E-state index in [1.165, 1.54) is 22.3 Å². The Morgan fingerprint density at radius 2 is 1.49 bits per heavy atom. The van der Waals surface area contributed by atoms with Crippen LogP contribution in [-0.4, -0.2) is 47.3 Å². The van der Waals surface area contributed by atoms with E-state index in [-0.39, 0.29) is 36.2 Å². The van der Waals surface area contributed by atoms with Gasteiger partial charge in [0.2, 0.25) is 0 Å². The zero-order chi connectivity index (χ0) is 31.0. The highest BCUT2D eigenvalue weighted by Crippen LogP contribution is 2.41. The minimum atomic E-state index is -0.597. The third-order valence-electron chi connectivity index (χ3n) is 8.16. The topological polar surface area (TPSA) is 88.0 Å². The summed E-state index contributed by atoms with van der Waals surface area (Å²) in [5.41, 5.74) is 5.29. The van der Waals surface area contributed by atoms with Crippen molar-refractivity contribution in [2.75, 3.05) is 13.2 Å². The van der Waals surface area contributed by atoms with Gasteiger partial charge in [-0.25, -0.2) is 4.79 Å². The number of rotatable bonds is 13. The number of aryl methyl sites for hydroxylation is 3. The third kappa shape index (κ3) is 9.75. The number of alkyl carbamates (subject to hydrolysis) is 1. The van der Waals surface area contributed by atoms with Gasteiger partial charge in [-0.1, -0.05) is 65.0 Å². The Morgan fingerprint density at radius 3 is 1.98 bits per heavy atom. The first-order valence-electron chi connectivity index (χ1n) is 15.2. The molecule has 0 saturated heterocycles. The molecule has 2 aromatic rings. The van der Waals surface area contributed by atoms with Gasteiger partial charge in [0, 0.05) is 12.0 Å². The zero-order valence-electron chi connectivity index (χ0n) is 27.2. The highest BCUT2D eigenvalue weighted by molar-refractivity contribution is 5.68. The summed E-state index contributed by atoms with van der Waals surface area (Å²) >= 11 is 0. The maximum absolute atomic E-state index is 12.2. The maximum atomic E-state index is 12.2. The summed E-state index contributed by atoms with van der Waals surface area (Å²) < 4.78 is 11.5. The molecule has 0 aliphatic rings. The van der Waals surface area contributed by atoms with Crippen molar-refractivity contribution in [1.29, 1.82) is 0 Å². The van der Waals surface area contributed by atoms with E-state index in [4.69, 9.17) is 9.47 Å². The molecule has 0 fully saturated rings. The Bertz CT molecular complexity index is 1120. The van der Waals surface area contributed by atoms with E-state index in [1.54, 1.807) is 0 Å². The van der Waals surface area contributed by atoms with Gasteiger partial charge in [0.25, 0.3) is 0 Å². The number of amides is 1. The highest BCUT2D eigenvalue weighted by Gasteiger charge is 2.32. The highest BCUT2D eigenvalue weighted by atomic mass is 16.6. The average Bonchev–Trinajstić information content (AvgIpc) is 2.87. The molecule has 0 aliphatic heterocycles. The van der Waals surface area contributed by atoms with E-state index in [1.807, 2.05) is 33.8 Å². The fourth-order valence-electron chi connectivity index (χ4n) is 5.36. The lowest BCUT2D eigenvalue weighted by Crippen LogP contribution is -2.42. The molecule has 0 heterocycles. The molecule has 2 aromatic carbocycles. The van der Waals surface area contributed by atoms with E-state index in [0.29, 0.717) is 6.42 Å². The lowest BCUT2D eigenvalue weighted by atomic mass is 9.69. The number of hydrogen-bond acceptors (Lipinski definition) is 5. The fraction of sp³-hybridized carbons (Fsp3) is 0.629. The minimum Gasteiger partial charge on any atom is -0.491 e. The second-order valence-electron chi connectivity index (χ2n) is 13.5. The van der Waals surface area contributed by atoms with Crippen molar-refractivity contribution in [2.45, 2.75) is 125 Å². The van der Waals surface area contributed by atoms with E-state index >= 15 is 0 Å². The third-order valence-corrected chi connectivity index (χ3v) is 8.16. The number of carbonyl (C=O) groups excluding carboxylic acids is 1. The van der Waals surface area contributed by atoms with E-state index < -0.39 is 11.7 Å². The Balaban J connectivity index is 2.23. The van der Waals surface area contributed by atoms with Gasteiger partial charge >= 0.3 is 6.09 Å². The molecule has 1 unspecified atom stereocenters. The summed E-state index contributed by atoms with van der Waals surface area (Å²) in [5, 5.41) is 22.8. The first-order chi connectivity index (χ1) is 19.1. The van der Waals surface area contributed by atoms with Crippen molar-refractivity contribution in [3.8, 4) is 5.75 Å². The number of aliphatic hydroxyl groups is 2. The molecule has 6 heteroatoms. The molecule has 1 amide bonds. The van der Waals surface area contributed by atoms with Crippen molar-refractivity contribution in [3.05, 3.63) is 64.2 Å². The number of nitrogens with one attached hydrogen (secondary N) is 1. The van der Waals surface area contributed by atoms with Crippen LogP contribution in [0.5, 0.6) is 5.75 Å². The molecule has 0 radical (unpaired) electrons. The van der Waals surface area contributed by atoms with Crippen LogP contribution in [0, 0.1) is 19.3 Å². The minimum absolute atomic E-state index is 0.0629. The summed E-state index contributed by atoms with van der Waals surface area (Å²) in [5.74, 6) is 0.757. The van der Waals surface area contributed by atoms with Crippen LogP contribution in [0.4, 0.5) is 4.79 Å². The Hall–Kier alpha value is -2.57. The molecule has 0 aliphatic carbocycles. The van der Waals surface area contributed by atoms with Gasteiger partial charge in [0.1, 0.15) is 18.0 Å². The van der Waals surface area contributed by atoms with Gasteiger partial charge in [-0.3, -0.25) is 0 Å². The fourth-order valence-corrected chi connectivity index (χ4v) is 5.36. The summed E-state index contributed by atoms with van der Waals surface area (Å²) in [4.78, 5) is 12.2. The molecule has 3 N–H and O–H groups in total. The molecule has 0 spiro atoms. The molecule has 41 heavy (non-hydrogen) atoms. The maximum Gasteiger partial charge on any atom is 0.407 e. The van der Waals surface area contributed by atoms with Crippen LogP contribution in [0.15, 0.2) is 36.4 Å². The lowest BCUT2D eigenvalue weighted by Gasteiger charge is -2.34. The number of aliphatic hydroxyl groups excluding tert-OH is 2. The number of carbonyl (C=O) groups is 1. The molecule has 6 nitrogen and oxygen atoms in total. The lowest BCUT2D eigenvalue weighted by molar-refractivity contribution is 0.0478. The van der Waals surface area contributed by atoms with E-state index in [2.05, 4.69) is 77.2 Å². The monoisotopic (exact) mass is 569 g/mol. The van der Waals surface area contributed by atoms with Gasteiger partial charge < -0.3 is 25.0 Å². The molecular formula is C35H55NO5. The molecular weight excluding hydrogens is 514 g/mol. The van der Waals surface area contributed by atoms with Crippen molar-refractivity contribution in [3.63, 3.8) is 0 Å². The van der Waals surface area contributed by atoms with Gasteiger partial charge in [0.05, 0.1) is 12.1 Å². The van der Waals surface area contributed by atoms with Crippen molar-refractivity contribution in [2.24, 2.45) is 5.41 Å². The van der Waals surface area contributed by atoms with Crippen molar-refractivity contribution >= 4 is 6.09 Å². The van der Waals surface area contributed by atoms with Gasteiger partial charge in [-0.2, -0.15) is 0 Å². The Kier molecular flexibility index (Phi) is 12.3. The number of ether oxygens (including phenoxy) is 2. The first kappa shape index (κ1) is 34.6. The van der Waals surface area contributed by atoms with Crippen molar-refractivity contribution < 1.29 is 24.5 Å². The zero-order valence-corrected chi connectivity index (χ0v) is 27.2. The smallest absolute Gasteiger partial charge is 0.407 e. The SMILES string of the molecule is CCC(CC)(c1ccc(CC[C@@H](O)C(C)(C)C)c(C)c1)c1ccc(OCC(CCO)NC(=O)OC(C)(C)C)c(C)c1. The predicted octanol–water partition coefficient (Wildman–Crippen LogP) is 7.40. The van der Waals surface area contributed by atoms with Crippen LogP contribution in [0.25, 0.3) is 0 Å². The van der Waals surface area contributed by atoms with E-state index in [9.17, 15) is 15.0 Å². The average molecular weight is 570 g/mol. The van der Waals surface area contributed by atoms with Crippen LogP contribution < -0.4 is 10.1 Å². The molecule has 0 aromatic heterocycles. The number of benzene rings is 2. The quantitative estimate of drug-likeness (QED) is 0.234. The van der Waals surface area contributed by atoms with Gasteiger partial charge in [-0.15, -0.1) is 0 Å². The van der Waals surface area contributed by atoms with E-state index in [0.717, 1.165) is 37.0 Å². The predicted molar refractivity (Wildman–Crippen MR) is 168 cm³/mol. The standard InChI is InChI=1S/C35H55NO5/c1-11-35(12-2,27-15-13-26(24(3)21-27)14-18-31(38)33(5,6)7)28-16-17-30(25(4)22-28)40-23-29(19-20-37)36-32(39)41-34(8,9)10/h13,15-17,21-22,29,31,37-38H,11-12,14,18-20,23H2,1-10H3,(H,36,39)/t29?,31-/m1/s1. The second-order valence-corrected chi connectivity index (χ2v) is 13.5. The second kappa shape index (κ2) is 14.6. The van der Waals surface area contributed by atoms with Crippen molar-refractivity contribution in [1.82, 2.24) is 5.32 Å². The molecule has 0 saturated carbocycles. The largest absolute Gasteiger partial charge is 0.491 e. The molecule has 230 valence electrons. The van der Waals surface area contributed by atoms with Crippen LogP contribution in [0.2, 0.25) is 0 Å². The van der Waals surface area contributed by atoms with Crippen LogP contribution >= 0.6 is 0 Å². The van der Waals surface area contributed by atoms with Crippen LogP contribution in [-0.2, 0) is 16.6 Å². The van der Waals surface area contributed by atoms with Crippen LogP contribution in [0.1, 0.15) is 109 Å². The molecule has 2 atom stereocenters. The summed E-state index contributed by atoms with van der Waals surface area (Å²) in [6.45, 7) is 20.6. The molecule has 0 bridgehead atoms. The summed E-state index contributed by atoms with van der Waals surface area (Å²) in [7, 11) is 0. The summed E-state index contributed by atoms with van der Waals surface area (Å²) in [6, 6.07) is 12.8. The Morgan fingerprint density at radius 1 is 0.902 bits per heavy atom. The number of hydrogen-bond donors (Lipinski definition) is 3. The molecule has 2 rings (SSSR count). The summed E-state index contributed by atoms with van der Waals surface area (Å²) in [6.07, 6.45) is 3.06. The van der Waals surface area contributed by atoms with Crippen LogP contribution in [0.3, 0.4) is 0 Å². The first-order valence-corrected chi connectivity index (χ1v) is 15.2.